The van der Waals surface area contributed by atoms with E-state index in [1.807, 2.05) is 12.1 Å². The lowest BCUT2D eigenvalue weighted by atomic mass is 9.94. The Morgan fingerprint density at radius 3 is 2.67 bits per heavy atom. The molecule has 1 aromatic rings. The van der Waals surface area contributed by atoms with E-state index in [9.17, 15) is 9.18 Å². The van der Waals surface area contributed by atoms with Crippen molar-refractivity contribution in [1.82, 2.24) is 10.2 Å². The maximum absolute atomic E-state index is 13.9. The van der Waals surface area contributed by atoms with Crippen LogP contribution in [0.5, 0.6) is 0 Å². The lowest BCUT2D eigenvalue weighted by molar-refractivity contribution is -0.119. The SMILES string of the molecule is CC(=O)NCC1CCN(C(CN)c2ccccc2F)CC1. The molecule has 1 aliphatic rings. The predicted octanol–water partition coefficient (Wildman–Crippen LogP) is 1.67. The Kier molecular flexibility index (Phi) is 5.70. The topological polar surface area (TPSA) is 58.4 Å². The van der Waals surface area contributed by atoms with Gasteiger partial charge in [0.15, 0.2) is 0 Å². The summed E-state index contributed by atoms with van der Waals surface area (Å²) in [5.41, 5.74) is 6.55. The van der Waals surface area contributed by atoms with Gasteiger partial charge in [-0.1, -0.05) is 18.2 Å². The molecule has 0 radical (unpaired) electrons. The number of rotatable bonds is 5. The van der Waals surface area contributed by atoms with E-state index in [-0.39, 0.29) is 17.8 Å². The van der Waals surface area contributed by atoms with E-state index >= 15 is 0 Å². The van der Waals surface area contributed by atoms with Gasteiger partial charge in [0.1, 0.15) is 5.82 Å². The minimum absolute atomic E-state index is 0.0172. The summed E-state index contributed by atoms with van der Waals surface area (Å²) in [5.74, 6) is 0.334. The highest BCUT2D eigenvalue weighted by Crippen LogP contribution is 2.27. The van der Waals surface area contributed by atoms with Crippen molar-refractivity contribution in [2.24, 2.45) is 11.7 Å². The van der Waals surface area contributed by atoms with Gasteiger partial charge in [-0.3, -0.25) is 9.69 Å². The van der Waals surface area contributed by atoms with Crippen molar-refractivity contribution in [2.45, 2.75) is 25.8 Å². The quantitative estimate of drug-likeness (QED) is 0.868. The highest BCUT2D eigenvalue weighted by molar-refractivity contribution is 5.72. The summed E-state index contributed by atoms with van der Waals surface area (Å²) in [6.07, 6.45) is 2.01. The zero-order valence-corrected chi connectivity index (χ0v) is 12.5. The Morgan fingerprint density at radius 2 is 2.10 bits per heavy atom. The first kappa shape index (κ1) is 15.9. The van der Waals surface area contributed by atoms with Gasteiger partial charge >= 0.3 is 0 Å². The molecular weight excluding hydrogens is 269 g/mol. The van der Waals surface area contributed by atoms with Crippen LogP contribution in [0.25, 0.3) is 0 Å². The molecule has 1 saturated heterocycles. The second-order valence-corrected chi connectivity index (χ2v) is 5.69. The number of amides is 1. The summed E-state index contributed by atoms with van der Waals surface area (Å²) >= 11 is 0. The molecule has 0 bridgehead atoms. The van der Waals surface area contributed by atoms with Crippen LogP contribution in [0.4, 0.5) is 4.39 Å². The molecule has 2 rings (SSSR count). The standard InChI is InChI=1S/C16H24FN3O/c1-12(21)19-11-13-6-8-20(9-7-13)16(10-18)14-4-2-3-5-15(14)17/h2-5,13,16H,6-11,18H2,1H3,(H,19,21). The summed E-state index contributed by atoms with van der Waals surface area (Å²) in [6, 6.07) is 6.79. The van der Waals surface area contributed by atoms with Crippen LogP contribution in [0.1, 0.15) is 31.4 Å². The smallest absolute Gasteiger partial charge is 0.216 e. The largest absolute Gasteiger partial charge is 0.356 e. The Labute approximate surface area is 125 Å². The average Bonchev–Trinajstić information content (AvgIpc) is 2.49. The number of hydrogen-bond acceptors (Lipinski definition) is 3. The van der Waals surface area contributed by atoms with Crippen LogP contribution < -0.4 is 11.1 Å². The number of nitrogens with one attached hydrogen (secondary N) is 1. The monoisotopic (exact) mass is 293 g/mol. The minimum atomic E-state index is -0.187. The summed E-state index contributed by atoms with van der Waals surface area (Å²) in [5, 5.41) is 2.87. The Hall–Kier alpha value is -1.46. The minimum Gasteiger partial charge on any atom is -0.356 e. The zero-order valence-electron chi connectivity index (χ0n) is 12.5. The van der Waals surface area contributed by atoms with E-state index in [4.69, 9.17) is 5.73 Å². The summed E-state index contributed by atoms with van der Waals surface area (Å²) in [7, 11) is 0. The van der Waals surface area contributed by atoms with Gasteiger partial charge in [-0.15, -0.1) is 0 Å². The molecule has 1 fully saturated rings. The van der Waals surface area contributed by atoms with Crippen LogP contribution in [-0.2, 0) is 4.79 Å². The third-order valence-corrected chi connectivity index (χ3v) is 4.22. The fourth-order valence-electron chi connectivity index (χ4n) is 2.97. The fourth-order valence-corrected chi connectivity index (χ4v) is 2.97. The van der Waals surface area contributed by atoms with E-state index in [0.717, 1.165) is 32.5 Å². The number of benzene rings is 1. The lowest BCUT2D eigenvalue weighted by Crippen LogP contribution is -2.42. The number of halogens is 1. The third kappa shape index (κ3) is 4.25. The molecule has 1 aliphatic heterocycles. The molecule has 0 spiro atoms. The first-order valence-electron chi connectivity index (χ1n) is 7.54. The number of likely N-dealkylation sites (tertiary alicyclic amines) is 1. The van der Waals surface area contributed by atoms with E-state index < -0.39 is 0 Å². The van der Waals surface area contributed by atoms with Crippen molar-refractivity contribution in [3.63, 3.8) is 0 Å². The van der Waals surface area contributed by atoms with Gasteiger partial charge in [-0.2, -0.15) is 0 Å². The van der Waals surface area contributed by atoms with E-state index in [2.05, 4.69) is 10.2 Å². The Balaban J connectivity index is 1.94. The Morgan fingerprint density at radius 1 is 1.43 bits per heavy atom. The van der Waals surface area contributed by atoms with Crippen LogP contribution in [0.2, 0.25) is 0 Å². The number of hydrogen-bond donors (Lipinski definition) is 2. The maximum Gasteiger partial charge on any atom is 0.216 e. The second-order valence-electron chi connectivity index (χ2n) is 5.69. The molecule has 1 atom stereocenters. The van der Waals surface area contributed by atoms with Gasteiger partial charge in [-0.25, -0.2) is 4.39 Å². The van der Waals surface area contributed by atoms with Gasteiger partial charge in [0.05, 0.1) is 0 Å². The normalized spacial score (nSPS) is 18.4. The first-order chi connectivity index (χ1) is 10.1. The third-order valence-electron chi connectivity index (χ3n) is 4.22. The summed E-state index contributed by atoms with van der Waals surface area (Å²) in [4.78, 5) is 13.2. The van der Waals surface area contributed by atoms with Crippen molar-refractivity contribution in [2.75, 3.05) is 26.2 Å². The molecule has 3 N–H and O–H groups in total. The van der Waals surface area contributed by atoms with Crippen LogP contribution >= 0.6 is 0 Å². The van der Waals surface area contributed by atoms with Gasteiger partial charge in [0.25, 0.3) is 0 Å². The van der Waals surface area contributed by atoms with Gasteiger partial charge in [0, 0.05) is 31.6 Å². The van der Waals surface area contributed by atoms with Gasteiger partial charge < -0.3 is 11.1 Å². The number of piperidine rings is 1. The van der Waals surface area contributed by atoms with Crippen molar-refractivity contribution >= 4 is 5.91 Å². The number of nitrogens with zero attached hydrogens (tertiary/aromatic N) is 1. The van der Waals surface area contributed by atoms with Crippen LogP contribution in [0.3, 0.4) is 0 Å². The lowest BCUT2D eigenvalue weighted by Gasteiger charge is -2.37. The maximum atomic E-state index is 13.9. The molecule has 0 saturated carbocycles. The molecule has 4 nitrogen and oxygen atoms in total. The van der Waals surface area contributed by atoms with Crippen LogP contribution in [0, 0.1) is 11.7 Å². The molecule has 1 amide bonds. The first-order valence-corrected chi connectivity index (χ1v) is 7.54. The number of carbonyl (C=O) groups excluding carboxylic acids is 1. The highest BCUT2D eigenvalue weighted by atomic mass is 19.1. The molecule has 0 aromatic heterocycles. The molecule has 0 aliphatic carbocycles. The predicted molar refractivity (Wildman–Crippen MR) is 81.2 cm³/mol. The van der Waals surface area contributed by atoms with Gasteiger partial charge in [0.2, 0.25) is 5.91 Å². The fraction of sp³-hybridized carbons (Fsp3) is 0.562. The zero-order chi connectivity index (χ0) is 15.2. The van der Waals surface area contributed by atoms with Crippen molar-refractivity contribution < 1.29 is 9.18 Å². The van der Waals surface area contributed by atoms with E-state index in [0.29, 0.717) is 18.0 Å². The average molecular weight is 293 g/mol. The van der Waals surface area contributed by atoms with Crippen molar-refractivity contribution in [1.29, 1.82) is 0 Å². The molecule has 1 unspecified atom stereocenters. The molecule has 21 heavy (non-hydrogen) atoms. The van der Waals surface area contributed by atoms with Crippen molar-refractivity contribution in [3.05, 3.63) is 35.6 Å². The number of carbonyl (C=O) groups is 1. The second kappa shape index (κ2) is 7.52. The molecule has 116 valence electrons. The van der Waals surface area contributed by atoms with Crippen LogP contribution in [0.15, 0.2) is 24.3 Å². The van der Waals surface area contributed by atoms with Gasteiger partial charge in [-0.05, 0) is 37.9 Å². The van der Waals surface area contributed by atoms with E-state index in [1.54, 1.807) is 6.07 Å². The molecule has 1 heterocycles. The molecule has 1 aromatic carbocycles. The number of nitrogens with two attached hydrogens (primary N) is 1. The van der Waals surface area contributed by atoms with Crippen LogP contribution in [-0.4, -0.2) is 37.0 Å². The molecular formula is C16H24FN3O. The van der Waals surface area contributed by atoms with E-state index in [1.165, 1.54) is 13.0 Å². The summed E-state index contributed by atoms with van der Waals surface area (Å²) in [6.45, 7) is 4.46. The molecule has 5 heteroatoms. The summed E-state index contributed by atoms with van der Waals surface area (Å²) < 4.78 is 13.9. The van der Waals surface area contributed by atoms with Crippen molar-refractivity contribution in [3.8, 4) is 0 Å². The Bertz CT molecular complexity index is 472. The highest BCUT2D eigenvalue weighted by Gasteiger charge is 2.26.